The lowest BCUT2D eigenvalue weighted by molar-refractivity contribution is -0.152. The van der Waals surface area contributed by atoms with Gasteiger partial charge in [0.15, 0.2) is 0 Å². The van der Waals surface area contributed by atoms with Crippen molar-refractivity contribution in [1.82, 2.24) is 5.32 Å². The van der Waals surface area contributed by atoms with E-state index in [2.05, 4.69) is 10.6 Å². The van der Waals surface area contributed by atoms with E-state index in [1.807, 2.05) is 38.1 Å². The number of para-hydroxylation sites is 1. The number of benzene rings is 2. The molecular weight excluding hydrogens is 457 g/mol. The zero-order chi connectivity index (χ0) is 24.8. The summed E-state index contributed by atoms with van der Waals surface area (Å²) in [6.45, 7) is 5.37. The smallest absolute Gasteiger partial charge is 0.319 e. The van der Waals surface area contributed by atoms with Crippen LogP contribution in [-0.2, 0) is 19.1 Å². The highest BCUT2D eigenvalue weighted by Gasteiger charge is 2.45. The molecule has 0 fully saturated rings. The van der Waals surface area contributed by atoms with Gasteiger partial charge in [-0.05, 0) is 43.5 Å². The van der Waals surface area contributed by atoms with Gasteiger partial charge in [-0.25, -0.2) is 4.39 Å². The lowest BCUT2D eigenvalue weighted by atomic mass is 9.78. The first-order valence-corrected chi connectivity index (χ1v) is 11.6. The number of nitriles is 1. The molecule has 2 N–H and O–H groups in total. The molecule has 1 heterocycles. The molecule has 9 heteroatoms. The third-order valence-electron chi connectivity index (χ3n) is 5.40. The van der Waals surface area contributed by atoms with Crippen LogP contribution in [0.25, 0.3) is 0 Å². The maximum Gasteiger partial charge on any atom is 0.319 e. The molecule has 0 saturated carbocycles. The normalized spacial score (nSPS) is 17.6. The number of hydrogen-bond donors (Lipinski definition) is 2. The van der Waals surface area contributed by atoms with Gasteiger partial charge >= 0.3 is 5.97 Å². The summed E-state index contributed by atoms with van der Waals surface area (Å²) in [6, 6.07) is 13.3. The molecule has 34 heavy (non-hydrogen) atoms. The minimum Gasteiger partial charge on any atom is -0.465 e. The van der Waals surface area contributed by atoms with Gasteiger partial charge in [-0.3, -0.25) is 14.4 Å². The van der Waals surface area contributed by atoms with Crippen molar-refractivity contribution in [1.29, 1.82) is 5.26 Å². The number of thioether (sulfide) groups is 1. The van der Waals surface area contributed by atoms with E-state index in [4.69, 9.17) is 4.74 Å². The maximum absolute atomic E-state index is 14.7. The van der Waals surface area contributed by atoms with Crippen LogP contribution in [0.4, 0.5) is 10.1 Å². The van der Waals surface area contributed by atoms with Crippen LogP contribution in [0.3, 0.4) is 0 Å². The highest BCUT2D eigenvalue weighted by Crippen LogP contribution is 2.41. The summed E-state index contributed by atoms with van der Waals surface area (Å²) in [5.41, 5.74) is 2.52. The van der Waals surface area contributed by atoms with Gasteiger partial charge in [-0.15, -0.1) is 0 Å². The number of aryl methyl sites for hydroxylation is 2. The summed E-state index contributed by atoms with van der Waals surface area (Å²) in [7, 11) is 0. The van der Waals surface area contributed by atoms with Crippen LogP contribution in [0.5, 0.6) is 0 Å². The Morgan fingerprint density at radius 3 is 2.47 bits per heavy atom. The van der Waals surface area contributed by atoms with Gasteiger partial charge in [0.2, 0.25) is 11.8 Å². The molecule has 176 valence electrons. The first-order valence-electron chi connectivity index (χ1n) is 10.6. The van der Waals surface area contributed by atoms with Crippen LogP contribution >= 0.6 is 11.8 Å². The summed E-state index contributed by atoms with van der Waals surface area (Å²) in [5, 5.41) is 15.4. The molecule has 2 amide bonds. The lowest BCUT2D eigenvalue weighted by Gasteiger charge is -2.31. The summed E-state index contributed by atoms with van der Waals surface area (Å²) >= 11 is 0.943. The molecule has 7 nitrogen and oxygen atoms in total. The highest BCUT2D eigenvalue weighted by atomic mass is 32.2. The molecule has 1 aliphatic rings. The molecule has 3 rings (SSSR count). The second kappa shape index (κ2) is 11.0. The molecule has 0 radical (unpaired) electrons. The Balaban J connectivity index is 1.93. The number of allylic oxidation sites excluding steroid dienone is 1. The van der Waals surface area contributed by atoms with Gasteiger partial charge in [0.05, 0.1) is 29.0 Å². The SMILES string of the molecule is CCOC(=O)C1C(=O)NC(SCC(=O)Nc2c(C)cccc2C)=C(C#N)C1c1ccccc1F. The fourth-order valence-electron chi connectivity index (χ4n) is 3.81. The Kier molecular flexibility index (Phi) is 8.08. The Hall–Kier alpha value is -3.64. The second-order valence-electron chi connectivity index (χ2n) is 7.68. The van der Waals surface area contributed by atoms with E-state index in [0.717, 1.165) is 22.9 Å². The van der Waals surface area contributed by atoms with Crippen LogP contribution in [0.1, 0.15) is 29.5 Å². The second-order valence-corrected chi connectivity index (χ2v) is 8.66. The van der Waals surface area contributed by atoms with E-state index in [1.165, 1.54) is 18.2 Å². The van der Waals surface area contributed by atoms with Gasteiger partial charge in [-0.1, -0.05) is 48.2 Å². The summed E-state index contributed by atoms with van der Waals surface area (Å²) in [5.74, 6) is -5.27. The number of anilines is 1. The number of hydrogen-bond acceptors (Lipinski definition) is 6. The number of ether oxygens (including phenoxy) is 1. The first-order chi connectivity index (χ1) is 16.3. The number of rotatable bonds is 7. The Morgan fingerprint density at radius 1 is 1.18 bits per heavy atom. The molecule has 0 bridgehead atoms. The van der Waals surface area contributed by atoms with E-state index in [-0.39, 0.29) is 34.4 Å². The summed E-state index contributed by atoms with van der Waals surface area (Å²) in [6.07, 6.45) is 0. The van der Waals surface area contributed by atoms with Crippen molar-refractivity contribution < 1.29 is 23.5 Å². The number of esters is 1. The molecule has 0 aromatic heterocycles. The van der Waals surface area contributed by atoms with Gasteiger partial charge in [0, 0.05) is 11.6 Å². The van der Waals surface area contributed by atoms with Crippen LogP contribution in [0, 0.1) is 36.9 Å². The van der Waals surface area contributed by atoms with Gasteiger partial charge in [0.25, 0.3) is 0 Å². The largest absolute Gasteiger partial charge is 0.465 e. The van der Waals surface area contributed by atoms with E-state index in [0.29, 0.717) is 5.69 Å². The third-order valence-corrected chi connectivity index (χ3v) is 6.42. The average Bonchev–Trinajstić information content (AvgIpc) is 2.80. The Labute approximate surface area is 201 Å². The van der Waals surface area contributed by atoms with Gasteiger partial charge < -0.3 is 15.4 Å². The minimum absolute atomic E-state index is 0.00683. The van der Waals surface area contributed by atoms with E-state index < -0.39 is 29.5 Å². The van der Waals surface area contributed by atoms with Crippen LogP contribution in [0.2, 0.25) is 0 Å². The fourth-order valence-corrected chi connectivity index (χ4v) is 4.66. The zero-order valence-electron chi connectivity index (χ0n) is 19.0. The van der Waals surface area contributed by atoms with E-state index >= 15 is 0 Å². The van der Waals surface area contributed by atoms with Crippen molar-refractivity contribution in [2.45, 2.75) is 26.7 Å². The number of amides is 2. The number of nitrogens with one attached hydrogen (secondary N) is 2. The predicted octanol–water partition coefficient (Wildman–Crippen LogP) is 3.94. The van der Waals surface area contributed by atoms with Crippen molar-refractivity contribution in [2.24, 2.45) is 5.92 Å². The summed E-state index contributed by atoms with van der Waals surface area (Å²) in [4.78, 5) is 38.1. The molecular formula is C25H24FN3O4S. The monoisotopic (exact) mass is 481 g/mol. The number of nitrogens with zero attached hydrogens (tertiary/aromatic N) is 1. The maximum atomic E-state index is 14.7. The van der Waals surface area contributed by atoms with Crippen molar-refractivity contribution in [3.63, 3.8) is 0 Å². The molecule has 0 saturated heterocycles. The standard InChI is InChI=1S/C25H24FN3O4S/c1-4-33-25(32)21-20(16-10-5-6-11-18(16)26)17(12-27)24(29-23(21)31)34-13-19(30)28-22-14(2)8-7-9-15(22)3/h5-11,20-21H,4,13H2,1-3H3,(H,28,30)(H,29,31). The molecule has 2 aromatic rings. The van der Waals surface area contributed by atoms with Crippen molar-refractivity contribution >= 4 is 35.2 Å². The topological polar surface area (TPSA) is 108 Å². The zero-order valence-corrected chi connectivity index (χ0v) is 19.8. The molecule has 2 atom stereocenters. The average molecular weight is 482 g/mol. The van der Waals surface area contributed by atoms with Crippen molar-refractivity contribution in [3.05, 3.63) is 75.6 Å². The van der Waals surface area contributed by atoms with Gasteiger partial charge in [-0.2, -0.15) is 5.26 Å². The third kappa shape index (κ3) is 5.29. The number of carbonyl (C=O) groups excluding carboxylic acids is 3. The lowest BCUT2D eigenvalue weighted by Crippen LogP contribution is -2.44. The molecule has 0 spiro atoms. The van der Waals surface area contributed by atoms with Crippen molar-refractivity contribution in [2.75, 3.05) is 17.7 Å². The van der Waals surface area contributed by atoms with Crippen LogP contribution in [-0.4, -0.2) is 30.1 Å². The molecule has 2 unspecified atom stereocenters. The van der Waals surface area contributed by atoms with Gasteiger partial charge in [0.1, 0.15) is 11.7 Å². The Morgan fingerprint density at radius 2 is 1.85 bits per heavy atom. The minimum atomic E-state index is -1.43. The fraction of sp³-hybridized carbons (Fsp3) is 0.280. The number of carbonyl (C=O) groups is 3. The van der Waals surface area contributed by atoms with Crippen LogP contribution < -0.4 is 10.6 Å². The molecule has 0 aliphatic carbocycles. The predicted molar refractivity (Wildman–Crippen MR) is 127 cm³/mol. The first kappa shape index (κ1) is 25.0. The Bertz CT molecular complexity index is 1180. The summed E-state index contributed by atoms with van der Waals surface area (Å²) < 4.78 is 19.7. The highest BCUT2D eigenvalue weighted by molar-refractivity contribution is 8.03. The molecule has 2 aromatic carbocycles. The van der Waals surface area contributed by atoms with Crippen LogP contribution in [0.15, 0.2) is 53.1 Å². The van der Waals surface area contributed by atoms with Crippen molar-refractivity contribution in [3.8, 4) is 6.07 Å². The molecule has 1 aliphatic heterocycles. The quantitative estimate of drug-likeness (QED) is 0.458. The number of halogens is 1. The van der Waals surface area contributed by atoms with E-state index in [1.54, 1.807) is 13.0 Å². The van der Waals surface area contributed by atoms with E-state index in [9.17, 15) is 24.0 Å².